The Morgan fingerprint density at radius 2 is 2.00 bits per heavy atom. The van der Waals surface area contributed by atoms with Crippen molar-refractivity contribution in [1.82, 2.24) is 9.97 Å². The maximum absolute atomic E-state index is 10.4. The molecule has 0 radical (unpaired) electrons. The Morgan fingerprint density at radius 1 is 1.32 bits per heavy atom. The molecule has 0 aliphatic heterocycles. The molecule has 104 valence electrons. The van der Waals surface area contributed by atoms with Gasteiger partial charge in [0, 0.05) is 18.0 Å². The molecule has 1 aromatic rings. The van der Waals surface area contributed by atoms with Gasteiger partial charge in [0.2, 0.25) is 0 Å². The van der Waals surface area contributed by atoms with E-state index in [4.69, 9.17) is 11.6 Å². The maximum Gasteiger partial charge on any atom is 0.137 e. The zero-order valence-electron chi connectivity index (χ0n) is 11.2. The highest BCUT2D eigenvalue weighted by atomic mass is 35.5. The van der Waals surface area contributed by atoms with Crippen LogP contribution in [0, 0.1) is 6.92 Å². The van der Waals surface area contributed by atoms with Gasteiger partial charge in [-0.3, -0.25) is 0 Å². The summed E-state index contributed by atoms with van der Waals surface area (Å²) in [6.07, 6.45) is 6.26. The minimum absolute atomic E-state index is 0.480. The van der Waals surface area contributed by atoms with Gasteiger partial charge in [0.15, 0.2) is 0 Å². The molecular formula is C14H20ClN3O. The topological polar surface area (TPSA) is 58.0 Å². The molecule has 0 saturated heterocycles. The highest BCUT2D eigenvalue weighted by molar-refractivity contribution is 6.30. The second-order valence-electron chi connectivity index (χ2n) is 5.91. The molecule has 2 fully saturated rings. The van der Waals surface area contributed by atoms with Crippen molar-refractivity contribution in [1.29, 1.82) is 0 Å². The first-order valence-electron chi connectivity index (χ1n) is 7.08. The van der Waals surface area contributed by atoms with Crippen molar-refractivity contribution in [3.63, 3.8) is 0 Å². The van der Waals surface area contributed by atoms with Crippen LogP contribution in [0.2, 0.25) is 5.15 Å². The van der Waals surface area contributed by atoms with Crippen molar-refractivity contribution in [2.75, 3.05) is 11.9 Å². The smallest absolute Gasteiger partial charge is 0.137 e. The number of aliphatic hydroxyl groups is 1. The Balaban J connectivity index is 1.75. The van der Waals surface area contributed by atoms with E-state index in [1.54, 1.807) is 0 Å². The SMILES string of the molecule is Cc1c(Cl)nc(C2CC2)nc1NCC1(O)CCCC1. The fraction of sp³-hybridized carbons (Fsp3) is 0.714. The van der Waals surface area contributed by atoms with Crippen LogP contribution in [0.5, 0.6) is 0 Å². The first-order valence-corrected chi connectivity index (χ1v) is 7.45. The van der Waals surface area contributed by atoms with E-state index in [-0.39, 0.29) is 0 Å². The van der Waals surface area contributed by atoms with Gasteiger partial charge in [0.25, 0.3) is 0 Å². The van der Waals surface area contributed by atoms with Crippen LogP contribution >= 0.6 is 11.6 Å². The lowest BCUT2D eigenvalue weighted by Gasteiger charge is -2.23. The molecule has 5 heteroatoms. The third kappa shape index (κ3) is 2.84. The minimum atomic E-state index is -0.580. The van der Waals surface area contributed by atoms with Crippen molar-refractivity contribution < 1.29 is 5.11 Å². The first kappa shape index (κ1) is 13.1. The molecule has 2 aliphatic carbocycles. The van der Waals surface area contributed by atoms with Crippen LogP contribution in [-0.2, 0) is 0 Å². The van der Waals surface area contributed by atoms with Crippen molar-refractivity contribution in [2.45, 2.75) is 57.0 Å². The van der Waals surface area contributed by atoms with Crippen LogP contribution in [-0.4, -0.2) is 27.2 Å². The van der Waals surface area contributed by atoms with E-state index in [0.717, 1.165) is 55.7 Å². The summed E-state index contributed by atoms with van der Waals surface area (Å²) in [6.45, 7) is 2.46. The van der Waals surface area contributed by atoms with E-state index < -0.39 is 5.60 Å². The third-order valence-corrected chi connectivity index (χ3v) is 4.53. The molecule has 0 amide bonds. The Labute approximate surface area is 118 Å². The number of halogens is 1. The molecule has 0 unspecified atom stereocenters. The zero-order chi connectivity index (χ0) is 13.5. The monoisotopic (exact) mass is 281 g/mol. The van der Waals surface area contributed by atoms with Gasteiger partial charge in [0.1, 0.15) is 16.8 Å². The maximum atomic E-state index is 10.4. The third-order valence-electron chi connectivity index (χ3n) is 4.17. The molecule has 2 saturated carbocycles. The number of nitrogens with zero attached hydrogens (tertiary/aromatic N) is 2. The molecule has 2 aliphatic rings. The molecule has 0 spiro atoms. The van der Waals surface area contributed by atoms with E-state index in [1.807, 2.05) is 6.92 Å². The summed E-state index contributed by atoms with van der Waals surface area (Å²) in [4.78, 5) is 8.91. The van der Waals surface area contributed by atoms with Crippen LogP contribution in [0.3, 0.4) is 0 Å². The number of rotatable bonds is 4. The molecule has 3 rings (SSSR count). The zero-order valence-corrected chi connectivity index (χ0v) is 12.0. The van der Waals surface area contributed by atoms with Crippen molar-refractivity contribution in [3.05, 3.63) is 16.5 Å². The van der Waals surface area contributed by atoms with Crippen LogP contribution in [0.25, 0.3) is 0 Å². The second-order valence-corrected chi connectivity index (χ2v) is 6.26. The van der Waals surface area contributed by atoms with Crippen molar-refractivity contribution >= 4 is 17.4 Å². The van der Waals surface area contributed by atoms with E-state index in [0.29, 0.717) is 17.6 Å². The molecule has 0 bridgehead atoms. The highest BCUT2D eigenvalue weighted by Gasteiger charge is 2.32. The van der Waals surface area contributed by atoms with Crippen LogP contribution in [0.1, 0.15) is 55.8 Å². The Morgan fingerprint density at radius 3 is 2.63 bits per heavy atom. The molecule has 0 aromatic carbocycles. The summed E-state index contributed by atoms with van der Waals surface area (Å²) < 4.78 is 0. The van der Waals surface area contributed by atoms with Crippen LogP contribution in [0.4, 0.5) is 5.82 Å². The molecule has 4 nitrogen and oxygen atoms in total. The second kappa shape index (κ2) is 4.91. The summed E-state index contributed by atoms with van der Waals surface area (Å²) in [5.41, 5.74) is 0.288. The van der Waals surface area contributed by atoms with E-state index in [2.05, 4.69) is 15.3 Å². The van der Waals surface area contributed by atoms with Crippen molar-refractivity contribution in [2.24, 2.45) is 0 Å². The predicted octanol–water partition coefficient (Wildman–Crippen LogP) is 3.03. The van der Waals surface area contributed by atoms with Gasteiger partial charge in [-0.05, 0) is 32.6 Å². The van der Waals surface area contributed by atoms with Crippen LogP contribution in [0.15, 0.2) is 0 Å². The van der Waals surface area contributed by atoms with Gasteiger partial charge in [-0.15, -0.1) is 0 Å². The molecular weight excluding hydrogens is 262 g/mol. The number of nitrogens with one attached hydrogen (secondary N) is 1. The quantitative estimate of drug-likeness (QED) is 0.833. The van der Waals surface area contributed by atoms with Gasteiger partial charge in [-0.2, -0.15) is 0 Å². The van der Waals surface area contributed by atoms with Crippen LogP contribution < -0.4 is 5.32 Å². The first-order chi connectivity index (χ1) is 9.07. The molecule has 0 atom stereocenters. The minimum Gasteiger partial charge on any atom is -0.388 e. The summed E-state index contributed by atoms with van der Waals surface area (Å²) in [7, 11) is 0. The number of hydrogen-bond donors (Lipinski definition) is 2. The van der Waals surface area contributed by atoms with Gasteiger partial charge in [-0.1, -0.05) is 24.4 Å². The lowest BCUT2D eigenvalue weighted by atomic mass is 10.0. The largest absolute Gasteiger partial charge is 0.388 e. The summed E-state index contributed by atoms with van der Waals surface area (Å²) in [5.74, 6) is 2.10. The van der Waals surface area contributed by atoms with Gasteiger partial charge in [0.05, 0.1) is 5.60 Å². The number of hydrogen-bond acceptors (Lipinski definition) is 4. The molecule has 2 N–H and O–H groups in total. The molecule has 1 heterocycles. The number of aromatic nitrogens is 2. The number of anilines is 1. The average Bonchev–Trinajstić information content (AvgIpc) is 3.14. The lowest BCUT2D eigenvalue weighted by Crippen LogP contribution is -2.34. The van der Waals surface area contributed by atoms with Gasteiger partial charge >= 0.3 is 0 Å². The fourth-order valence-electron chi connectivity index (χ4n) is 2.66. The Hall–Kier alpha value is -0.870. The standard InChI is InChI=1S/C14H20ClN3O/c1-9-11(15)17-13(10-4-5-10)18-12(9)16-8-14(19)6-2-3-7-14/h10,19H,2-8H2,1H3,(H,16,17,18). The lowest BCUT2D eigenvalue weighted by molar-refractivity contribution is 0.0614. The normalized spacial score (nSPS) is 21.6. The fourth-order valence-corrected chi connectivity index (χ4v) is 2.84. The Kier molecular flexibility index (Phi) is 3.39. The van der Waals surface area contributed by atoms with E-state index in [1.165, 1.54) is 0 Å². The summed E-state index contributed by atoms with van der Waals surface area (Å²) in [6, 6.07) is 0. The van der Waals surface area contributed by atoms with Gasteiger partial charge < -0.3 is 10.4 Å². The van der Waals surface area contributed by atoms with Gasteiger partial charge in [-0.25, -0.2) is 9.97 Å². The van der Waals surface area contributed by atoms with Crippen molar-refractivity contribution in [3.8, 4) is 0 Å². The van der Waals surface area contributed by atoms with E-state index >= 15 is 0 Å². The average molecular weight is 282 g/mol. The molecule has 19 heavy (non-hydrogen) atoms. The summed E-state index contributed by atoms with van der Waals surface area (Å²) in [5, 5.41) is 14.2. The predicted molar refractivity (Wildman–Crippen MR) is 75.7 cm³/mol. The van der Waals surface area contributed by atoms with E-state index in [9.17, 15) is 5.11 Å². The summed E-state index contributed by atoms with van der Waals surface area (Å²) >= 11 is 6.17. The highest BCUT2D eigenvalue weighted by Crippen LogP contribution is 2.39. The Bertz CT molecular complexity index is 482. The molecule has 1 aromatic heterocycles.